The number of benzene rings is 1. The van der Waals surface area contributed by atoms with Gasteiger partial charge in [0.05, 0.1) is 13.2 Å². The van der Waals surface area contributed by atoms with Gasteiger partial charge in [0.15, 0.2) is 6.29 Å². The van der Waals surface area contributed by atoms with E-state index in [0.29, 0.717) is 0 Å². The Morgan fingerprint density at radius 2 is 1.57 bits per heavy atom. The molecule has 0 spiro atoms. The number of hydrogen-bond donors (Lipinski definition) is 0. The zero-order valence-corrected chi connectivity index (χ0v) is 15.3. The highest BCUT2D eigenvalue weighted by atomic mass is 16.7. The van der Waals surface area contributed by atoms with Crippen molar-refractivity contribution in [3.63, 3.8) is 0 Å². The van der Waals surface area contributed by atoms with E-state index in [1.807, 2.05) is 0 Å². The Labute approximate surface area is 142 Å². The van der Waals surface area contributed by atoms with E-state index in [2.05, 4.69) is 45.0 Å². The summed E-state index contributed by atoms with van der Waals surface area (Å²) >= 11 is 0. The molecule has 1 heterocycles. The smallest absolute Gasteiger partial charge is 0.183 e. The number of ether oxygens (including phenoxy) is 2. The molecule has 2 rings (SSSR count). The third-order valence-electron chi connectivity index (χ3n) is 4.84. The molecule has 1 aromatic carbocycles. The molecular formula is C21H34O2. The van der Waals surface area contributed by atoms with Crippen LogP contribution >= 0.6 is 0 Å². The Balaban J connectivity index is 1.76. The van der Waals surface area contributed by atoms with Gasteiger partial charge in [-0.25, -0.2) is 0 Å². The first-order valence-electron chi connectivity index (χ1n) is 9.49. The molecule has 0 bridgehead atoms. The fourth-order valence-electron chi connectivity index (χ4n) is 3.27. The first kappa shape index (κ1) is 18.5. The molecule has 0 N–H and O–H groups in total. The van der Waals surface area contributed by atoms with Crippen molar-refractivity contribution in [3.05, 3.63) is 35.4 Å². The molecule has 23 heavy (non-hydrogen) atoms. The second kappa shape index (κ2) is 9.44. The standard InChI is InChI=1S/C21H34O2/c1-4-6-7-8-9-15-21(3)16-22-20(23-17-21)19-13-11-18(10-5-2)12-14-19/h11-14,20H,4-10,15-17H2,1-3H3. The molecule has 0 atom stereocenters. The van der Waals surface area contributed by atoms with Crippen LogP contribution in [-0.4, -0.2) is 13.2 Å². The first-order chi connectivity index (χ1) is 11.2. The zero-order chi connectivity index (χ0) is 16.5. The molecule has 1 fully saturated rings. The van der Waals surface area contributed by atoms with Crippen LogP contribution in [0.1, 0.15) is 83.1 Å². The average Bonchev–Trinajstić information content (AvgIpc) is 2.57. The first-order valence-corrected chi connectivity index (χ1v) is 9.49. The van der Waals surface area contributed by atoms with Crippen LogP contribution in [0.15, 0.2) is 24.3 Å². The Bertz CT molecular complexity index is 430. The SMILES string of the molecule is CCCCCCCC1(C)COC(c2ccc(CCC)cc2)OC1. The molecule has 0 saturated carbocycles. The fraction of sp³-hybridized carbons (Fsp3) is 0.714. The maximum atomic E-state index is 6.04. The van der Waals surface area contributed by atoms with Crippen molar-refractivity contribution >= 4 is 0 Å². The van der Waals surface area contributed by atoms with E-state index in [9.17, 15) is 0 Å². The topological polar surface area (TPSA) is 18.5 Å². The van der Waals surface area contributed by atoms with Gasteiger partial charge in [0.2, 0.25) is 0 Å². The van der Waals surface area contributed by atoms with E-state index in [0.717, 1.165) is 25.2 Å². The molecule has 1 aliphatic heterocycles. The molecule has 130 valence electrons. The summed E-state index contributed by atoms with van der Waals surface area (Å²) in [5.41, 5.74) is 2.73. The fourth-order valence-corrected chi connectivity index (χ4v) is 3.27. The summed E-state index contributed by atoms with van der Waals surface area (Å²) in [5.74, 6) is 0. The second-order valence-electron chi connectivity index (χ2n) is 7.42. The maximum absolute atomic E-state index is 6.04. The Morgan fingerprint density at radius 1 is 0.913 bits per heavy atom. The number of hydrogen-bond acceptors (Lipinski definition) is 2. The molecule has 2 nitrogen and oxygen atoms in total. The Morgan fingerprint density at radius 3 is 2.17 bits per heavy atom. The zero-order valence-electron chi connectivity index (χ0n) is 15.3. The summed E-state index contributed by atoms with van der Waals surface area (Å²) in [6, 6.07) is 8.71. The van der Waals surface area contributed by atoms with Crippen LogP contribution in [0.25, 0.3) is 0 Å². The third-order valence-corrected chi connectivity index (χ3v) is 4.84. The lowest BCUT2D eigenvalue weighted by Gasteiger charge is -2.37. The summed E-state index contributed by atoms with van der Waals surface area (Å²) in [6.07, 6.45) is 10.0. The van der Waals surface area contributed by atoms with Crippen LogP contribution in [0.5, 0.6) is 0 Å². The molecule has 0 radical (unpaired) electrons. The Kier molecular flexibility index (Phi) is 7.58. The lowest BCUT2D eigenvalue weighted by atomic mass is 9.85. The molecule has 0 unspecified atom stereocenters. The third kappa shape index (κ3) is 5.93. The van der Waals surface area contributed by atoms with E-state index in [-0.39, 0.29) is 11.7 Å². The normalized spacial score (nSPS) is 24.7. The van der Waals surface area contributed by atoms with E-state index in [1.165, 1.54) is 50.5 Å². The minimum absolute atomic E-state index is 0.182. The lowest BCUT2D eigenvalue weighted by Crippen LogP contribution is -2.36. The maximum Gasteiger partial charge on any atom is 0.183 e. The summed E-state index contributed by atoms with van der Waals surface area (Å²) in [5, 5.41) is 0. The van der Waals surface area contributed by atoms with Gasteiger partial charge >= 0.3 is 0 Å². The van der Waals surface area contributed by atoms with E-state index < -0.39 is 0 Å². The molecule has 1 aliphatic rings. The van der Waals surface area contributed by atoms with Gasteiger partial charge in [0.25, 0.3) is 0 Å². The van der Waals surface area contributed by atoms with Crippen LogP contribution in [0.2, 0.25) is 0 Å². The highest BCUT2D eigenvalue weighted by Gasteiger charge is 2.32. The molecule has 2 heteroatoms. The van der Waals surface area contributed by atoms with Crippen LogP contribution < -0.4 is 0 Å². The van der Waals surface area contributed by atoms with E-state index in [4.69, 9.17) is 9.47 Å². The van der Waals surface area contributed by atoms with Gasteiger partial charge in [-0.1, -0.05) is 83.6 Å². The van der Waals surface area contributed by atoms with Crippen molar-refractivity contribution < 1.29 is 9.47 Å². The van der Waals surface area contributed by atoms with Crippen molar-refractivity contribution in [1.82, 2.24) is 0 Å². The summed E-state index contributed by atoms with van der Waals surface area (Å²) in [4.78, 5) is 0. The summed E-state index contributed by atoms with van der Waals surface area (Å²) in [6.45, 7) is 8.39. The van der Waals surface area contributed by atoms with Crippen molar-refractivity contribution in [2.45, 2.75) is 78.4 Å². The quantitative estimate of drug-likeness (QED) is 0.516. The highest BCUT2D eigenvalue weighted by molar-refractivity contribution is 5.23. The van der Waals surface area contributed by atoms with Crippen molar-refractivity contribution in [1.29, 1.82) is 0 Å². The van der Waals surface area contributed by atoms with Gasteiger partial charge in [-0.2, -0.15) is 0 Å². The van der Waals surface area contributed by atoms with Crippen LogP contribution in [0.3, 0.4) is 0 Å². The predicted molar refractivity (Wildman–Crippen MR) is 96.6 cm³/mol. The minimum Gasteiger partial charge on any atom is -0.348 e. The summed E-state index contributed by atoms with van der Waals surface area (Å²) in [7, 11) is 0. The second-order valence-corrected chi connectivity index (χ2v) is 7.42. The lowest BCUT2D eigenvalue weighted by molar-refractivity contribution is -0.232. The van der Waals surface area contributed by atoms with Gasteiger partial charge in [-0.3, -0.25) is 0 Å². The molecule has 0 aromatic heterocycles. The van der Waals surface area contributed by atoms with Gasteiger partial charge in [0, 0.05) is 11.0 Å². The van der Waals surface area contributed by atoms with Crippen LogP contribution in [-0.2, 0) is 15.9 Å². The minimum atomic E-state index is -0.182. The van der Waals surface area contributed by atoms with E-state index >= 15 is 0 Å². The number of rotatable bonds is 9. The van der Waals surface area contributed by atoms with Gasteiger partial charge in [0.1, 0.15) is 0 Å². The molecule has 0 aliphatic carbocycles. The van der Waals surface area contributed by atoms with Crippen molar-refractivity contribution in [3.8, 4) is 0 Å². The summed E-state index contributed by atoms with van der Waals surface area (Å²) < 4.78 is 12.1. The molecule has 1 aromatic rings. The predicted octanol–water partition coefficient (Wildman–Crippen LogP) is 6.05. The molecule has 0 amide bonds. The van der Waals surface area contributed by atoms with E-state index in [1.54, 1.807) is 0 Å². The molecular weight excluding hydrogens is 284 g/mol. The van der Waals surface area contributed by atoms with Gasteiger partial charge < -0.3 is 9.47 Å². The van der Waals surface area contributed by atoms with Gasteiger partial charge in [-0.05, 0) is 18.4 Å². The van der Waals surface area contributed by atoms with Crippen molar-refractivity contribution in [2.75, 3.05) is 13.2 Å². The monoisotopic (exact) mass is 318 g/mol. The van der Waals surface area contributed by atoms with Gasteiger partial charge in [-0.15, -0.1) is 0 Å². The highest BCUT2D eigenvalue weighted by Crippen LogP contribution is 2.35. The van der Waals surface area contributed by atoms with Crippen molar-refractivity contribution in [2.24, 2.45) is 5.41 Å². The largest absolute Gasteiger partial charge is 0.348 e. The number of aryl methyl sites for hydroxylation is 1. The Hall–Kier alpha value is -0.860. The van der Waals surface area contributed by atoms with Crippen LogP contribution in [0.4, 0.5) is 0 Å². The molecule has 1 saturated heterocycles. The average molecular weight is 319 g/mol. The number of unbranched alkanes of at least 4 members (excludes halogenated alkanes) is 4. The van der Waals surface area contributed by atoms with Crippen LogP contribution in [0, 0.1) is 5.41 Å².